The molecule has 3 rings (SSSR count). The number of nitrogens with zero attached hydrogens (tertiary/aromatic N) is 4. The Labute approximate surface area is 145 Å². The quantitative estimate of drug-likeness (QED) is 0.680. The first-order valence-corrected chi connectivity index (χ1v) is 8.17. The third kappa shape index (κ3) is 3.07. The van der Waals surface area contributed by atoms with Gasteiger partial charge in [0.15, 0.2) is 0 Å². The van der Waals surface area contributed by atoms with Crippen molar-refractivity contribution in [2.24, 2.45) is 0 Å². The lowest BCUT2D eigenvalue weighted by molar-refractivity contribution is -0.385. The summed E-state index contributed by atoms with van der Waals surface area (Å²) in [7, 11) is 3.93. The van der Waals surface area contributed by atoms with Gasteiger partial charge in [-0.05, 0) is 37.5 Å². The van der Waals surface area contributed by atoms with Crippen molar-refractivity contribution in [2.45, 2.75) is 25.8 Å². The Hall–Kier alpha value is -2.90. The van der Waals surface area contributed by atoms with Crippen molar-refractivity contribution in [1.29, 1.82) is 0 Å². The van der Waals surface area contributed by atoms with E-state index in [2.05, 4.69) is 16.3 Å². The molecule has 1 amide bonds. The highest BCUT2D eigenvalue weighted by atomic mass is 16.6. The first-order valence-electron chi connectivity index (χ1n) is 8.17. The van der Waals surface area contributed by atoms with Crippen LogP contribution in [0.15, 0.2) is 24.3 Å². The van der Waals surface area contributed by atoms with Gasteiger partial charge in [-0.1, -0.05) is 12.1 Å². The minimum atomic E-state index is -0.552. The molecular weight excluding hydrogens is 322 g/mol. The largest absolute Gasteiger partial charge is 0.378 e. The number of hydrogen-bond acceptors (Lipinski definition) is 5. The number of benzene rings is 1. The van der Waals surface area contributed by atoms with Crippen LogP contribution in [0.4, 0.5) is 11.4 Å². The Balaban J connectivity index is 1.93. The van der Waals surface area contributed by atoms with Crippen LogP contribution >= 0.6 is 0 Å². The monoisotopic (exact) mass is 343 g/mol. The van der Waals surface area contributed by atoms with Gasteiger partial charge in [0.25, 0.3) is 5.91 Å². The summed E-state index contributed by atoms with van der Waals surface area (Å²) in [5, 5.41) is 17.7. The van der Waals surface area contributed by atoms with Crippen molar-refractivity contribution >= 4 is 17.3 Å². The van der Waals surface area contributed by atoms with E-state index in [0.717, 1.165) is 24.1 Å². The minimum Gasteiger partial charge on any atom is -0.378 e. The standard InChI is InChI=1S/C17H21N5O3/c1-11-16(22(24)25)15(19-18-11)17(23)21-9-5-8-14(21)12-6-4-7-13(10-12)20(2)3/h4,6-7,10,14H,5,8-9H2,1-3H3,(H,18,19). The van der Waals surface area contributed by atoms with E-state index in [9.17, 15) is 14.9 Å². The lowest BCUT2D eigenvalue weighted by Gasteiger charge is -2.25. The summed E-state index contributed by atoms with van der Waals surface area (Å²) in [4.78, 5) is 27.3. The molecule has 2 heterocycles. The summed E-state index contributed by atoms with van der Waals surface area (Å²) < 4.78 is 0. The molecule has 0 spiro atoms. The van der Waals surface area contributed by atoms with Crippen LogP contribution < -0.4 is 4.90 Å². The molecule has 1 atom stereocenters. The van der Waals surface area contributed by atoms with Gasteiger partial charge < -0.3 is 9.80 Å². The van der Waals surface area contributed by atoms with E-state index < -0.39 is 10.8 Å². The third-order valence-corrected chi connectivity index (χ3v) is 4.59. The lowest BCUT2D eigenvalue weighted by atomic mass is 10.0. The highest BCUT2D eigenvalue weighted by molar-refractivity contribution is 5.97. The number of carbonyl (C=O) groups excluding carboxylic acids is 1. The summed E-state index contributed by atoms with van der Waals surface area (Å²) in [5.74, 6) is -0.395. The minimum absolute atomic E-state index is 0.0935. The number of likely N-dealkylation sites (tertiary alicyclic amines) is 1. The van der Waals surface area contributed by atoms with E-state index in [1.807, 2.05) is 37.2 Å². The van der Waals surface area contributed by atoms with Gasteiger partial charge in [0, 0.05) is 26.3 Å². The maximum atomic E-state index is 12.9. The predicted molar refractivity (Wildman–Crippen MR) is 93.8 cm³/mol. The van der Waals surface area contributed by atoms with Crippen LogP contribution in [0.5, 0.6) is 0 Å². The fourth-order valence-corrected chi connectivity index (χ4v) is 3.30. The Kier molecular flexibility index (Phi) is 4.43. The maximum absolute atomic E-state index is 12.9. The highest BCUT2D eigenvalue weighted by Gasteiger charge is 2.36. The number of nitrogens with one attached hydrogen (secondary N) is 1. The molecule has 25 heavy (non-hydrogen) atoms. The average Bonchev–Trinajstić information content (AvgIpc) is 3.20. The Morgan fingerprint density at radius 3 is 2.88 bits per heavy atom. The van der Waals surface area contributed by atoms with Crippen molar-refractivity contribution < 1.29 is 9.72 Å². The van der Waals surface area contributed by atoms with E-state index in [-0.39, 0.29) is 17.4 Å². The first kappa shape index (κ1) is 16.9. The lowest BCUT2D eigenvalue weighted by Crippen LogP contribution is -2.31. The smallest absolute Gasteiger partial charge is 0.322 e. The highest BCUT2D eigenvalue weighted by Crippen LogP contribution is 2.35. The van der Waals surface area contributed by atoms with Gasteiger partial charge >= 0.3 is 5.69 Å². The summed E-state index contributed by atoms with van der Waals surface area (Å²) in [6, 6.07) is 7.93. The summed E-state index contributed by atoms with van der Waals surface area (Å²) in [6.07, 6.45) is 1.69. The van der Waals surface area contributed by atoms with E-state index in [0.29, 0.717) is 12.2 Å². The molecule has 1 aliphatic rings. The predicted octanol–water partition coefficient (Wildman–Crippen LogP) is 2.67. The normalized spacial score (nSPS) is 16.9. The molecule has 0 aliphatic carbocycles. The van der Waals surface area contributed by atoms with Crippen LogP contribution in [0.25, 0.3) is 0 Å². The molecule has 1 N–H and O–H groups in total. The second-order valence-corrected chi connectivity index (χ2v) is 6.45. The molecule has 0 bridgehead atoms. The number of rotatable bonds is 4. The van der Waals surface area contributed by atoms with Crippen molar-refractivity contribution in [3.8, 4) is 0 Å². The van der Waals surface area contributed by atoms with Crippen molar-refractivity contribution in [3.63, 3.8) is 0 Å². The van der Waals surface area contributed by atoms with E-state index in [4.69, 9.17) is 0 Å². The molecule has 1 aliphatic heterocycles. The van der Waals surface area contributed by atoms with E-state index in [1.54, 1.807) is 11.8 Å². The van der Waals surface area contributed by atoms with E-state index in [1.165, 1.54) is 0 Å². The number of hydrogen-bond donors (Lipinski definition) is 1. The number of amides is 1. The maximum Gasteiger partial charge on any atom is 0.322 e. The molecular formula is C17H21N5O3. The first-order chi connectivity index (χ1) is 11.9. The molecule has 1 aromatic carbocycles. The van der Waals surface area contributed by atoms with Gasteiger partial charge in [0.05, 0.1) is 11.0 Å². The SMILES string of the molecule is Cc1[nH]nc(C(=O)N2CCCC2c2cccc(N(C)C)c2)c1[N+](=O)[O-]. The zero-order valence-corrected chi connectivity index (χ0v) is 14.5. The zero-order valence-electron chi connectivity index (χ0n) is 14.5. The second-order valence-electron chi connectivity index (χ2n) is 6.45. The van der Waals surface area contributed by atoms with Gasteiger partial charge in [0.2, 0.25) is 5.69 Å². The van der Waals surface area contributed by atoms with Crippen molar-refractivity contribution in [2.75, 3.05) is 25.5 Å². The zero-order chi connectivity index (χ0) is 18.1. The number of anilines is 1. The second kappa shape index (κ2) is 6.54. The summed E-state index contributed by atoms with van der Waals surface area (Å²) in [6.45, 7) is 2.11. The van der Waals surface area contributed by atoms with Gasteiger partial charge in [-0.15, -0.1) is 0 Å². The molecule has 1 aromatic heterocycles. The number of H-pyrrole nitrogens is 1. The molecule has 0 saturated carbocycles. The third-order valence-electron chi connectivity index (χ3n) is 4.59. The molecule has 1 saturated heterocycles. The van der Waals surface area contributed by atoms with E-state index >= 15 is 0 Å². The average molecular weight is 343 g/mol. The molecule has 8 nitrogen and oxygen atoms in total. The number of aryl methyl sites for hydroxylation is 1. The fourth-order valence-electron chi connectivity index (χ4n) is 3.30. The van der Waals surface area contributed by atoms with Gasteiger partial charge in [-0.3, -0.25) is 20.0 Å². The molecule has 132 valence electrons. The molecule has 1 fully saturated rings. The topological polar surface area (TPSA) is 95.4 Å². The van der Waals surface area contributed by atoms with Gasteiger partial charge in [0.1, 0.15) is 5.69 Å². The summed E-state index contributed by atoms with van der Waals surface area (Å²) >= 11 is 0. The van der Waals surface area contributed by atoms with Gasteiger partial charge in [-0.2, -0.15) is 5.10 Å². The van der Waals surface area contributed by atoms with Crippen LogP contribution in [-0.2, 0) is 0 Å². The van der Waals surface area contributed by atoms with Crippen LogP contribution in [0.3, 0.4) is 0 Å². The van der Waals surface area contributed by atoms with Crippen LogP contribution in [0, 0.1) is 17.0 Å². The fraction of sp³-hybridized carbons (Fsp3) is 0.412. The molecule has 2 aromatic rings. The van der Waals surface area contributed by atoms with Crippen LogP contribution in [0.1, 0.15) is 40.6 Å². The molecule has 1 unspecified atom stereocenters. The van der Waals surface area contributed by atoms with Crippen molar-refractivity contribution in [3.05, 3.63) is 51.3 Å². The molecule has 8 heteroatoms. The Bertz CT molecular complexity index is 814. The Morgan fingerprint density at radius 1 is 1.44 bits per heavy atom. The van der Waals surface area contributed by atoms with Gasteiger partial charge in [-0.25, -0.2) is 0 Å². The number of aromatic amines is 1. The number of aromatic nitrogens is 2. The molecule has 0 radical (unpaired) electrons. The van der Waals surface area contributed by atoms with Crippen LogP contribution in [0.2, 0.25) is 0 Å². The van der Waals surface area contributed by atoms with Crippen LogP contribution in [-0.4, -0.2) is 46.6 Å². The Morgan fingerprint density at radius 2 is 2.20 bits per heavy atom. The number of nitro groups is 1. The summed E-state index contributed by atoms with van der Waals surface area (Å²) in [5.41, 5.74) is 2.03. The number of carbonyl (C=O) groups is 1. The van der Waals surface area contributed by atoms with Crippen molar-refractivity contribution in [1.82, 2.24) is 15.1 Å².